The lowest BCUT2D eigenvalue weighted by Gasteiger charge is -2.06. The van der Waals surface area contributed by atoms with Gasteiger partial charge in [0.15, 0.2) is 0 Å². The number of anilines is 1. The number of hydrogen-bond acceptors (Lipinski definition) is 4. The number of nitrogens with one attached hydrogen (secondary N) is 2. The first-order valence-corrected chi connectivity index (χ1v) is 6.08. The Labute approximate surface area is 120 Å². The van der Waals surface area contributed by atoms with Gasteiger partial charge in [-0.3, -0.25) is 0 Å². The molecule has 3 N–H and O–H groups in total. The number of hydrogen-bond donors (Lipinski definition) is 3. The Bertz CT molecular complexity index is 633. The number of carbonyl (C=O) groups excluding carboxylic acids is 1. The molecule has 7 heteroatoms. The molecule has 0 fully saturated rings. The molecule has 0 saturated carbocycles. The van der Waals surface area contributed by atoms with Gasteiger partial charge in [-0.05, 0) is 23.8 Å². The Hall–Kier alpha value is -3.09. The average molecular weight is 287 g/mol. The molecule has 0 aliphatic heterocycles. The van der Waals surface area contributed by atoms with Crippen LogP contribution in [-0.4, -0.2) is 22.3 Å². The largest absolute Gasteiger partial charge is 0.478 e. The van der Waals surface area contributed by atoms with Crippen molar-refractivity contribution in [1.82, 2.24) is 10.5 Å². The monoisotopic (exact) mass is 287 g/mol. The van der Waals surface area contributed by atoms with Gasteiger partial charge in [-0.25, -0.2) is 9.59 Å². The zero-order valence-electron chi connectivity index (χ0n) is 10.9. The molecule has 2 amide bonds. The highest BCUT2D eigenvalue weighted by Gasteiger charge is 2.03. The number of nitrogens with zero attached hydrogens (tertiary/aromatic N) is 1. The Balaban J connectivity index is 1.85. The summed E-state index contributed by atoms with van der Waals surface area (Å²) in [7, 11) is 0. The van der Waals surface area contributed by atoms with Gasteiger partial charge in [-0.1, -0.05) is 17.3 Å². The molecule has 1 aromatic carbocycles. The molecule has 2 aromatic rings. The minimum Gasteiger partial charge on any atom is -0.478 e. The van der Waals surface area contributed by atoms with E-state index in [1.165, 1.54) is 12.3 Å². The van der Waals surface area contributed by atoms with E-state index in [-0.39, 0.29) is 12.6 Å². The van der Waals surface area contributed by atoms with Crippen LogP contribution in [0.2, 0.25) is 0 Å². The molecule has 0 atom stereocenters. The van der Waals surface area contributed by atoms with Crippen molar-refractivity contribution in [3.63, 3.8) is 0 Å². The van der Waals surface area contributed by atoms with Crippen molar-refractivity contribution in [2.24, 2.45) is 0 Å². The predicted molar refractivity (Wildman–Crippen MR) is 75.5 cm³/mol. The third-order valence-electron chi connectivity index (χ3n) is 2.51. The third kappa shape index (κ3) is 4.83. The number of carboxylic acid groups (broad SMARTS) is 1. The topological polar surface area (TPSA) is 104 Å². The summed E-state index contributed by atoms with van der Waals surface area (Å²) in [6.07, 6.45) is 3.95. The van der Waals surface area contributed by atoms with Gasteiger partial charge in [0.25, 0.3) is 0 Å². The summed E-state index contributed by atoms with van der Waals surface area (Å²) in [5.41, 5.74) is 1.95. The first kappa shape index (κ1) is 14.3. The van der Waals surface area contributed by atoms with Gasteiger partial charge in [0.1, 0.15) is 12.0 Å². The summed E-state index contributed by atoms with van der Waals surface area (Å²) in [4.78, 5) is 22.0. The minimum absolute atomic E-state index is 0.266. The second kappa shape index (κ2) is 6.90. The van der Waals surface area contributed by atoms with E-state index < -0.39 is 5.97 Å². The fraction of sp³-hybridized carbons (Fsp3) is 0.0714. The van der Waals surface area contributed by atoms with Crippen LogP contribution in [0.4, 0.5) is 10.5 Å². The van der Waals surface area contributed by atoms with Crippen LogP contribution in [0.3, 0.4) is 0 Å². The van der Waals surface area contributed by atoms with Crippen LogP contribution in [-0.2, 0) is 11.3 Å². The molecule has 1 aromatic heterocycles. The van der Waals surface area contributed by atoms with Crippen LogP contribution < -0.4 is 10.6 Å². The first-order chi connectivity index (χ1) is 10.1. The van der Waals surface area contributed by atoms with E-state index in [0.29, 0.717) is 11.4 Å². The van der Waals surface area contributed by atoms with E-state index >= 15 is 0 Å². The third-order valence-corrected chi connectivity index (χ3v) is 2.51. The quantitative estimate of drug-likeness (QED) is 0.730. The van der Waals surface area contributed by atoms with Gasteiger partial charge < -0.3 is 20.3 Å². The van der Waals surface area contributed by atoms with Gasteiger partial charge in [0, 0.05) is 17.8 Å². The second-order valence-corrected chi connectivity index (χ2v) is 4.09. The summed E-state index contributed by atoms with van der Waals surface area (Å²) < 4.78 is 4.65. The van der Waals surface area contributed by atoms with Crippen molar-refractivity contribution >= 4 is 23.8 Å². The molecule has 1 heterocycles. The summed E-state index contributed by atoms with van der Waals surface area (Å²) in [5.74, 6) is -1.01. The van der Waals surface area contributed by atoms with E-state index in [1.807, 2.05) is 0 Å². The van der Waals surface area contributed by atoms with E-state index in [9.17, 15) is 9.59 Å². The smallest absolute Gasteiger partial charge is 0.328 e. The average Bonchev–Trinajstić information content (AvgIpc) is 2.98. The lowest BCUT2D eigenvalue weighted by Crippen LogP contribution is -2.28. The molecular weight excluding hydrogens is 274 g/mol. The van der Waals surface area contributed by atoms with E-state index in [0.717, 1.165) is 11.6 Å². The lowest BCUT2D eigenvalue weighted by atomic mass is 10.2. The van der Waals surface area contributed by atoms with Gasteiger partial charge in [-0.15, -0.1) is 0 Å². The zero-order chi connectivity index (χ0) is 15.1. The molecule has 0 spiro atoms. The van der Waals surface area contributed by atoms with Crippen molar-refractivity contribution in [3.05, 3.63) is 53.9 Å². The van der Waals surface area contributed by atoms with Crippen LogP contribution in [0.5, 0.6) is 0 Å². The SMILES string of the molecule is O=C(O)/C=C/c1ccc(NC(=O)NCc2ccon2)cc1. The Morgan fingerprint density at radius 2 is 2.00 bits per heavy atom. The van der Waals surface area contributed by atoms with Crippen LogP contribution in [0.1, 0.15) is 11.3 Å². The second-order valence-electron chi connectivity index (χ2n) is 4.09. The molecule has 0 aliphatic carbocycles. The zero-order valence-corrected chi connectivity index (χ0v) is 10.9. The molecule has 0 radical (unpaired) electrons. The number of benzene rings is 1. The molecule has 0 unspecified atom stereocenters. The summed E-state index contributed by atoms with van der Waals surface area (Å²) >= 11 is 0. The highest BCUT2D eigenvalue weighted by molar-refractivity contribution is 5.89. The summed E-state index contributed by atoms with van der Waals surface area (Å²) in [6.45, 7) is 0.266. The molecule has 0 saturated heterocycles. The van der Waals surface area contributed by atoms with Crippen molar-refractivity contribution in [1.29, 1.82) is 0 Å². The molecule has 7 nitrogen and oxygen atoms in total. The van der Waals surface area contributed by atoms with Crippen LogP contribution in [0.15, 0.2) is 47.2 Å². The standard InChI is InChI=1S/C14H13N3O4/c18-13(19)6-3-10-1-4-11(5-2-10)16-14(20)15-9-12-7-8-21-17-12/h1-8H,9H2,(H,18,19)(H2,15,16,20)/b6-3+. The molecule has 0 aliphatic rings. The Morgan fingerprint density at radius 3 is 2.62 bits per heavy atom. The van der Waals surface area contributed by atoms with Crippen molar-refractivity contribution in [2.75, 3.05) is 5.32 Å². The minimum atomic E-state index is -1.01. The number of aliphatic carboxylic acids is 1. The maximum Gasteiger partial charge on any atom is 0.328 e. The van der Waals surface area contributed by atoms with Crippen LogP contribution in [0.25, 0.3) is 6.08 Å². The fourth-order valence-electron chi connectivity index (χ4n) is 1.52. The number of amides is 2. The fourth-order valence-corrected chi connectivity index (χ4v) is 1.52. The van der Waals surface area contributed by atoms with Crippen LogP contribution in [0, 0.1) is 0 Å². The van der Waals surface area contributed by atoms with Gasteiger partial charge in [0.05, 0.1) is 6.54 Å². The number of carbonyl (C=O) groups is 2. The van der Waals surface area contributed by atoms with Gasteiger partial charge >= 0.3 is 12.0 Å². The van der Waals surface area contributed by atoms with E-state index in [2.05, 4.69) is 20.3 Å². The molecular formula is C14H13N3O4. The highest BCUT2D eigenvalue weighted by atomic mass is 16.5. The molecule has 108 valence electrons. The number of urea groups is 1. The molecule has 21 heavy (non-hydrogen) atoms. The number of carboxylic acids is 1. The van der Waals surface area contributed by atoms with Crippen molar-refractivity contribution in [2.45, 2.75) is 6.54 Å². The van der Waals surface area contributed by atoms with E-state index in [1.54, 1.807) is 30.3 Å². The van der Waals surface area contributed by atoms with Crippen LogP contribution >= 0.6 is 0 Å². The maximum atomic E-state index is 11.6. The first-order valence-electron chi connectivity index (χ1n) is 6.08. The van der Waals surface area contributed by atoms with Crippen molar-refractivity contribution < 1.29 is 19.2 Å². The van der Waals surface area contributed by atoms with Gasteiger partial charge in [0.2, 0.25) is 0 Å². The predicted octanol–water partition coefficient (Wildman–Crippen LogP) is 2.09. The summed E-state index contributed by atoms with van der Waals surface area (Å²) in [5, 5.41) is 17.5. The molecule has 0 bridgehead atoms. The Kier molecular flexibility index (Phi) is 4.70. The maximum absolute atomic E-state index is 11.6. The Morgan fingerprint density at radius 1 is 1.24 bits per heavy atom. The van der Waals surface area contributed by atoms with Crippen molar-refractivity contribution in [3.8, 4) is 0 Å². The number of aromatic nitrogens is 1. The lowest BCUT2D eigenvalue weighted by molar-refractivity contribution is -0.131. The number of rotatable bonds is 5. The van der Waals surface area contributed by atoms with E-state index in [4.69, 9.17) is 5.11 Å². The molecule has 2 rings (SSSR count). The summed E-state index contributed by atoms with van der Waals surface area (Å²) in [6, 6.07) is 8.05. The normalized spacial score (nSPS) is 10.5. The highest BCUT2D eigenvalue weighted by Crippen LogP contribution is 2.10. The van der Waals surface area contributed by atoms with Gasteiger partial charge in [-0.2, -0.15) is 0 Å².